The summed E-state index contributed by atoms with van der Waals surface area (Å²) in [5, 5.41) is 9.61. The molecular formula is C14H18N2S. The zero-order valence-corrected chi connectivity index (χ0v) is 11.4. The van der Waals surface area contributed by atoms with Gasteiger partial charge in [-0.25, -0.2) is 0 Å². The SMILES string of the molecule is Cc1cc(N2CCSC(C)C2C)ccc1C#N. The number of nitriles is 1. The minimum Gasteiger partial charge on any atom is -0.367 e. The van der Waals surface area contributed by atoms with Crippen LogP contribution in [0.3, 0.4) is 0 Å². The van der Waals surface area contributed by atoms with E-state index in [4.69, 9.17) is 5.26 Å². The predicted octanol–water partition coefficient (Wildman–Crippen LogP) is 3.20. The third kappa shape index (κ3) is 2.42. The Morgan fingerprint density at radius 2 is 2.18 bits per heavy atom. The van der Waals surface area contributed by atoms with Crippen LogP contribution < -0.4 is 4.90 Å². The molecule has 0 spiro atoms. The highest BCUT2D eigenvalue weighted by atomic mass is 32.2. The molecule has 0 aromatic heterocycles. The molecule has 0 radical (unpaired) electrons. The summed E-state index contributed by atoms with van der Waals surface area (Å²) in [6.45, 7) is 7.68. The van der Waals surface area contributed by atoms with Crippen molar-refractivity contribution in [2.24, 2.45) is 0 Å². The van der Waals surface area contributed by atoms with Crippen molar-refractivity contribution in [3.05, 3.63) is 29.3 Å². The van der Waals surface area contributed by atoms with E-state index < -0.39 is 0 Å². The van der Waals surface area contributed by atoms with Crippen LogP contribution in [0.4, 0.5) is 5.69 Å². The van der Waals surface area contributed by atoms with Crippen LogP contribution in [0.25, 0.3) is 0 Å². The molecule has 90 valence electrons. The van der Waals surface area contributed by atoms with Gasteiger partial charge in [-0.05, 0) is 37.6 Å². The Morgan fingerprint density at radius 1 is 1.41 bits per heavy atom. The molecule has 1 saturated heterocycles. The summed E-state index contributed by atoms with van der Waals surface area (Å²) in [6, 6.07) is 8.92. The van der Waals surface area contributed by atoms with Gasteiger partial charge in [-0.2, -0.15) is 17.0 Å². The minimum absolute atomic E-state index is 0.557. The van der Waals surface area contributed by atoms with E-state index in [2.05, 4.69) is 36.9 Å². The van der Waals surface area contributed by atoms with Gasteiger partial charge in [0.1, 0.15) is 0 Å². The first-order valence-electron chi connectivity index (χ1n) is 6.02. The average Bonchev–Trinajstić information content (AvgIpc) is 2.32. The molecule has 1 aromatic carbocycles. The molecule has 1 heterocycles. The number of anilines is 1. The fourth-order valence-electron chi connectivity index (χ4n) is 2.25. The second-order valence-corrected chi connectivity index (χ2v) is 6.11. The summed E-state index contributed by atoms with van der Waals surface area (Å²) < 4.78 is 0. The van der Waals surface area contributed by atoms with Crippen LogP contribution in [0.15, 0.2) is 18.2 Å². The van der Waals surface area contributed by atoms with Crippen LogP contribution in [-0.4, -0.2) is 23.6 Å². The van der Waals surface area contributed by atoms with E-state index in [1.54, 1.807) is 0 Å². The Balaban J connectivity index is 2.28. The third-order valence-corrected chi connectivity index (χ3v) is 4.88. The van der Waals surface area contributed by atoms with Gasteiger partial charge in [-0.3, -0.25) is 0 Å². The zero-order chi connectivity index (χ0) is 12.4. The highest BCUT2D eigenvalue weighted by Gasteiger charge is 2.25. The van der Waals surface area contributed by atoms with Crippen LogP contribution in [0.5, 0.6) is 0 Å². The summed E-state index contributed by atoms with van der Waals surface area (Å²) in [5.74, 6) is 1.19. The quantitative estimate of drug-likeness (QED) is 0.761. The molecule has 1 fully saturated rings. The van der Waals surface area contributed by atoms with Crippen molar-refractivity contribution in [3.8, 4) is 6.07 Å². The molecule has 1 aromatic rings. The van der Waals surface area contributed by atoms with Crippen molar-refractivity contribution >= 4 is 17.4 Å². The Bertz CT molecular complexity index is 450. The van der Waals surface area contributed by atoms with Crippen molar-refractivity contribution in [1.82, 2.24) is 0 Å². The molecule has 2 nitrogen and oxygen atoms in total. The summed E-state index contributed by atoms with van der Waals surface area (Å²) in [5.41, 5.74) is 3.10. The third-order valence-electron chi connectivity index (χ3n) is 3.55. The maximum absolute atomic E-state index is 8.95. The van der Waals surface area contributed by atoms with Gasteiger partial charge in [-0.15, -0.1) is 0 Å². The topological polar surface area (TPSA) is 27.0 Å². The van der Waals surface area contributed by atoms with E-state index in [0.717, 1.165) is 17.7 Å². The van der Waals surface area contributed by atoms with E-state index in [0.29, 0.717) is 11.3 Å². The van der Waals surface area contributed by atoms with E-state index >= 15 is 0 Å². The molecule has 0 aliphatic carbocycles. The Labute approximate surface area is 108 Å². The molecule has 0 bridgehead atoms. The normalized spacial score (nSPS) is 24.5. The fourth-order valence-corrected chi connectivity index (χ4v) is 3.35. The second-order valence-electron chi connectivity index (χ2n) is 4.62. The van der Waals surface area contributed by atoms with Crippen molar-refractivity contribution in [1.29, 1.82) is 5.26 Å². The number of thioether (sulfide) groups is 1. The molecule has 1 aliphatic heterocycles. The second kappa shape index (κ2) is 5.01. The lowest BCUT2D eigenvalue weighted by atomic mass is 10.1. The average molecular weight is 246 g/mol. The Hall–Kier alpha value is -1.14. The zero-order valence-electron chi connectivity index (χ0n) is 10.6. The van der Waals surface area contributed by atoms with Crippen LogP contribution in [-0.2, 0) is 0 Å². The van der Waals surface area contributed by atoms with Crippen LogP contribution >= 0.6 is 11.8 Å². The summed E-state index contributed by atoms with van der Waals surface area (Å²) >= 11 is 2.04. The van der Waals surface area contributed by atoms with Gasteiger partial charge >= 0.3 is 0 Å². The highest BCUT2D eigenvalue weighted by Crippen LogP contribution is 2.29. The van der Waals surface area contributed by atoms with Crippen molar-refractivity contribution in [2.75, 3.05) is 17.2 Å². The van der Waals surface area contributed by atoms with Gasteiger partial charge in [0, 0.05) is 29.3 Å². The maximum Gasteiger partial charge on any atom is 0.0994 e. The summed E-state index contributed by atoms with van der Waals surface area (Å²) in [6.07, 6.45) is 0. The lowest BCUT2D eigenvalue weighted by Gasteiger charge is -2.39. The number of aryl methyl sites for hydroxylation is 1. The molecule has 2 atom stereocenters. The fraction of sp³-hybridized carbons (Fsp3) is 0.500. The molecular weight excluding hydrogens is 228 g/mol. The van der Waals surface area contributed by atoms with Crippen molar-refractivity contribution in [2.45, 2.75) is 32.1 Å². The largest absolute Gasteiger partial charge is 0.367 e. The van der Waals surface area contributed by atoms with Gasteiger partial charge in [0.25, 0.3) is 0 Å². The highest BCUT2D eigenvalue weighted by molar-refractivity contribution is 8.00. The van der Waals surface area contributed by atoms with Gasteiger partial charge in [0.2, 0.25) is 0 Å². The lowest BCUT2D eigenvalue weighted by Crippen LogP contribution is -2.44. The van der Waals surface area contributed by atoms with Crippen LogP contribution in [0, 0.1) is 18.3 Å². The first-order chi connectivity index (χ1) is 8.13. The summed E-state index contributed by atoms with van der Waals surface area (Å²) in [4.78, 5) is 2.45. The van der Waals surface area contributed by atoms with Crippen molar-refractivity contribution < 1.29 is 0 Å². The maximum atomic E-state index is 8.95. The number of rotatable bonds is 1. The van der Waals surface area contributed by atoms with E-state index in [9.17, 15) is 0 Å². The van der Waals surface area contributed by atoms with E-state index in [1.807, 2.05) is 24.8 Å². The molecule has 0 amide bonds. The smallest absolute Gasteiger partial charge is 0.0994 e. The van der Waals surface area contributed by atoms with Crippen molar-refractivity contribution in [3.63, 3.8) is 0 Å². The van der Waals surface area contributed by atoms with E-state index in [1.165, 1.54) is 11.4 Å². The number of hydrogen-bond donors (Lipinski definition) is 0. The van der Waals surface area contributed by atoms with Crippen LogP contribution in [0.1, 0.15) is 25.0 Å². The first kappa shape index (κ1) is 12.3. The van der Waals surface area contributed by atoms with Gasteiger partial charge in [-0.1, -0.05) is 6.92 Å². The molecule has 2 rings (SSSR count). The Morgan fingerprint density at radius 3 is 2.82 bits per heavy atom. The molecule has 17 heavy (non-hydrogen) atoms. The monoisotopic (exact) mass is 246 g/mol. The lowest BCUT2D eigenvalue weighted by molar-refractivity contribution is 0.627. The predicted molar refractivity (Wildman–Crippen MR) is 74.6 cm³/mol. The van der Waals surface area contributed by atoms with E-state index in [-0.39, 0.29) is 0 Å². The Kier molecular flexibility index (Phi) is 3.63. The minimum atomic E-state index is 0.557. The number of benzene rings is 1. The molecule has 0 saturated carbocycles. The van der Waals surface area contributed by atoms with Crippen LogP contribution in [0.2, 0.25) is 0 Å². The molecule has 1 aliphatic rings. The summed E-state index contributed by atoms with van der Waals surface area (Å²) in [7, 11) is 0. The standard InChI is InChI=1S/C14H18N2S/c1-10-8-14(5-4-13(10)9-15)16-6-7-17-12(3)11(16)2/h4-5,8,11-12H,6-7H2,1-3H3. The van der Waals surface area contributed by atoms with Gasteiger partial charge in [0.05, 0.1) is 11.6 Å². The molecule has 0 N–H and O–H groups in total. The van der Waals surface area contributed by atoms with Gasteiger partial charge in [0.15, 0.2) is 0 Å². The molecule has 2 unspecified atom stereocenters. The van der Waals surface area contributed by atoms with Gasteiger partial charge < -0.3 is 4.90 Å². The molecule has 3 heteroatoms. The number of nitrogens with zero attached hydrogens (tertiary/aromatic N) is 2. The number of hydrogen-bond acceptors (Lipinski definition) is 3. The first-order valence-corrected chi connectivity index (χ1v) is 7.07.